The van der Waals surface area contributed by atoms with Gasteiger partial charge in [0.25, 0.3) is 0 Å². The Kier molecular flexibility index (Phi) is 4.64. The molecule has 0 radical (unpaired) electrons. The third kappa shape index (κ3) is 3.56. The number of ether oxygens (including phenoxy) is 1. The molecule has 1 amide bonds. The van der Waals surface area contributed by atoms with Crippen LogP contribution in [0.5, 0.6) is 0 Å². The minimum absolute atomic E-state index is 0.00972. The van der Waals surface area contributed by atoms with E-state index in [-0.39, 0.29) is 18.4 Å². The first-order valence-electron chi connectivity index (χ1n) is 10.3. The second kappa shape index (κ2) is 7.45. The average molecular weight is 389 g/mol. The number of amides is 1. The van der Waals surface area contributed by atoms with E-state index in [9.17, 15) is 10.1 Å². The summed E-state index contributed by atoms with van der Waals surface area (Å²) < 4.78 is 7.77. The number of fused-ring (bicyclic) bond motifs is 3. The molecule has 1 saturated heterocycles. The highest BCUT2D eigenvalue weighted by Gasteiger charge is 2.26. The van der Waals surface area contributed by atoms with Gasteiger partial charge in [-0.2, -0.15) is 5.26 Å². The number of benzene rings is 1. The van der Waals surface area contributed by atoms with Gasteiger partial charge in [0.05, 0.1) is 35.3 Å². The SMILES string of the molecule is N#Cc1ccc2ncc3nc(CC(=O)NCC4CC4)n(C4CCOCC4)c3c2c1. The van der Waals surface area contributed by atoms with Crippen LogP contribution in [0.2, 0.25) is 0 Å². The lowest BCUT2D eigenvalue weighted by Crippen LogP contribution is -2.29. The second-order valence-electron chi connectivity index (χ2n) is 8.00. The number of carbonyl (C=O) groups is 1. The lowest BCUT2D eigenvalue weighted by Gasteiger charge is -2.26. The quantitative estimate of drug-likeness (QED) is 0.724. The predicted molar refractivity (Wildman–Crippen MR) is 108 cm³/mol. The largest absolute Gasteiger partial charge is 0.381 e. The molecule has 1 saturated carbocycles. The molecule has 0 spiro atoms. The highest BCUT2D eigenvalue weighted by atomic mass is 16.5. The van der Waals surface area contributed by atoms with Gasteiger partial charge in [-0.05, 0) is 49.8 Å². The van der Waals surface area contributed by atoms with Crippen LogP contribution < -0.4 is 5.32 Å². The molecule has 7 heteroatoms. The zero-order valence-electron chi connectivity index (χ0n) is 16.2. The first-order valence-corrected chi connectivity index (χ1v) is 10.3. The van der Waals surface area contributed by atoms with Crippen molar-refractivity contribution >= 4 is 27.8 Å². The van der Waals surface area contributed by atoms with E-state index in [1.807, 2.05) is 12.1 Å². The molecule has 1 aliphatic heterocycles. The van der Waals surface area contributed by atoms with E-state index >= 15 is 0 Å². The number of hydrogen-bond donors (Lipinski definition) is 1. The Bertz CT molecular complexity index is 1120. The molecule has 5 rings (SSSR count). The summed E-state index contributed by atoms with van der Waals surface area (Å²) in [7, 11) is 0. The summed E-state index contributed by atoms with van der Waals surface area (Å²) in [5.74, 6) is 1.41. The molecule has 0 unspecified atom stereocenters. The fourth-order valence-electron chi connectivity index (χ4n) is 4.14. The number of hydrogen-bond acceptors (Lipinski definition) is 5. The van der Waals surface area contributed by atoms with Crippen molar-refractivity contribution in [2.45, 2.75) is 38.1 Å². The van der Waals surface area contributed by atoms with Crippen LogP contribution in [0.3, 0.4) is 0 Å². The number of nitrogens with zero attached hydrogens (tertiary/aromatic N) is 4. The third-order valence-electron chi connectivity index (χ3n) is 5.88. The fourth-order valence-corrected chi connectivity index (χ4v) is 4.14. The van der Waals surface area contributed by atoms with Crippen LogP contribution in [0.1, 0.15) is 43.1 Å². The maximum absolute atomic E-state index is 12.6. The molecule has 1 aromatic carbocycles. The lowest BCUT2D eigenvalue weighted by atomic mass is 10.1. The summed E-state index contributed by atoms with van der Waals surface area (Å²) in [6.07, 6.45) is 6.19. The van der Waals surface area contributed by atoms with Crippen molar-refractivity contribution in [3.05, 3.63) is 35.8 Å². The highest BCUT2D eigenvalue weighted by Crippen LogP contribution is 2.32. The van der Waals surface area contributed by atoms with Crippen LogP contribution in [0.15, 0.2) is 24.4 Å². The van der Waals surface area contributed by atoms with E-state index < -0.39 is 0 Å². The monoisotopic (exact) mass is 389 g/mol. The van der Waals surface area contributed by atoms with Crippen LogP contribution in [0.4, 0.5) is 0 Å². The summed E-state index contributed by atoms with van der Waals surface area (Å²) in [5, 5.41) is 13.3. The standard InChI is InChI=1S/C22H23N5O2/c23-11-15-3-4-18-17(9-15)22-19(13-24-18)26-20(10-21(28)25-12-14-1-2-14)27(22)16-5-7-29-8-6-16/h3-4,9,13-14,16H,1-2,5-8,10,12H2,(H,25,28). The normalized spacial score (nSPS) is 17.5. The lowest BCUT2D eigenvalue weighted by molar-refractivity contribution is -0.120. The van der Waals surface area contributed by atoms with Crippen LogP contribution in [0, 0.1) is 17.2 Å². The molecular weight excluding hydrogens is 366 g/mol. The molecule has 2 aromatic heterocycles. The molecule has 29 heavy (non-hydrogen) atoms. The van der Waals surface area contributed by atoms with Crippen molar-refractivity contribution in [3.8, 4) is 6.07 Å². The number of carbonyl (C=O) groups excluding carboxylic acids is 1. The number of aromatic nitrogens is 3. The fraction of sp³-hybridized carbons (Fsp3) is 0.455. The highest BCUT2D eigenvalue weighted by molar-refractivity contribution is 6.03. The summed E-state index contributed by atoms with van der Waals surface area (Å²) in [6.45, 7) is 2.15. The summed E-state index contributed by atoms with van der Waals surface area (Å²) in [4.78, 5) is 21.9. The zero-order chi connectivity index (χ0) is 19.8. The number of rotatable bonds is 5. The average Bonchev–Trinajstić information content (AvgIpc) is 3.52. The maximum Gasteiger partial charge on any atom is 0.227 e. The van der Waals surface area contributed by atoms with Gasteiger partial charge in [-0.25, -0.2) is 4.98 Å². The van der Waals surface area contributed by atoms with E-state index in [0.717, 1.165) is 47.1 Å². The minimum Gasteiger partial charge on any atom is -0.381 e. The first-order chi connectivity index (χ1) is 14.2. The van der Waals surface area contributed by atoms with Crippen LogP contribution in [-0.2, 0) is 16.0 Å². The zero-order valence-corrected chi connectivity index (χ0v) is 16.2. The predicted octanol–water partition coefficient (Wildman–Crippen LogP) is 2.88. The smallest absolute Gasteiger partial charge is 0.227 e. The molecule has 0 atom stereocenters. The van der Waals surface area contributed by atoms with Crippen LogP contribution in [0.25, 0.3) is 21.9 Å². The van der Waals surface area contributed by atoms with E-state index in [1.54, 1.807) is 12.3 Å². The van der Waals surface area contributed by atoms with Crippen molar-refractivity contribution in [3.63, 3.8) is 0 Å². The summed E-state index contributed by atoms with van der Waals surface area (Å²) in [5.41, 5.74) is 3.15. The number of nitriles is 1. The van der Waals surface area contributed by atoms with Crippen molar-refractivity contribution in [1.82, 2.24) is 19.9 Å². The van der Waals surface area contributed by atoms with Crippen LogP contribution >= 0.6 is 0 Å². The topological polar surface area (TPSA) is 92.8 Å². The molecule has 2 fully saturated rings. The van der Waals surface area contributed by atoms with Gasteiger partial charge in [-0.1, -0.05) is 0 Å². The Morgan fingerprint density at radius 1 is 1.24 bits per heavy atom. The van der Waals surface area contributed by atoms with Crippen molar-refractivity contribution in [2.75, 3.05) is 19.8 Å². The molecule has 0 bridgehead atoms. The van der Waals surface area contributed by atoms with Gasteiger partial charge in [-0.15, -0.1) is 0 Å². The Hall–Kier alpha value is -2.98. The maximum atomic E-state index is 12.6. The molecule has 3 heterocycles. The van der Waals surface area contributed by atoms with E-state index in [0.29, 0.717) is 24.7 Å². The second-order valence-corrected chi connectivity index (χ2v) is 8.00. The van der Waals surface area contributed by atoms with Gasteiger partial charge in [0.15, 0.2) is 0 Å². The molecule has 1 N–H and O–H groups in total. The van der Waals surface area contributed by atoms with Crippen LogP contribution in [-0.4, -0.2) is 40.2 Å². The Morgan fingerprint density at radius 2 is 2.07 bits per heavy atom. The summed E-state index contributed by atoms with van der Waals surface area (Å²) in [6, 6.07) is 7.96. The Labute approximate surface area is 168 Å². The van der Waals surface area contributed by atoms with Gasteiger partial charge in [0.1, 0.15) is 11.3 Å². The van der Waals surface area contributed by atoms with E-state index in [1.165, 1.54) is 12.8 Å². The van der Waals surface area contributed by atoms with Crippen molar-refractivity contribution < 1.29 is 9.53 Å². The molecule has 3 aromatic rings. The Morgan fingerprint density at radius 3 is 2.83 bits per heavy atom. The molecule has 1 aliphatic carbocycles. The van der Waals surface area contributed by atoms with E-state index in [2.05, 4.69) is 20.9 Å². The van der Waals surface area contributed by atoms with Gasteiger partial charge in [0, 0.05) is 31.2 Å². The first kappa shape index (κ1) is 18.1. The van der Waals surface area contributed by atoms with Gasteiger partial charge in [0.2, 0.25) is 5.91 Å². The van der Waals surface area contributed by atoms with Crippen molar-refractivity contribution in [1.29, 1.82) is 5.26 Å². The van der Waals surface area contributed by atoms with E-state index in [4.69, 9.17) is 9.72 Å². The molecular formula is C22H23N5O2. The number of pyridine rings is 1. The molecule has 148 valence electrons. The van der Waals surface area contributed by atoms with Gasteiger partial charge < -0.3 is 14.6 Å². The third-order valence-corrected chi connectivity index (χ3v) is 5.88. The Balaban J connectivity index is 1.61. The molecule has 2 aliphatic rings. The number of nitrogens with one attached hydrogen (secondary N) is 1. The van der Waals surface area contributed by atoms with Crippen molar-refractivity contribution in [2.24, 2.45) is 5.92 Å². The number of imidazole rings is 1. The van der Waals surface area contributed by atoms with Gasteiger partial charge in [-0.3, -0.25) is 9.78 Å². The minimum atomic E-state index is 0.00972. The van der Waals surface area contributed by atoms with Gasteiger partial charge >= 0.3 is 0 Å². The molecule has 7 nitrogen and oxygen atoms in total. The summed E-state index contributed by atoms with van der Waals surface area (Å²) >= 11 is 0.